The Kier molecular flexibility index (Phi) is 7.09. The number of aliphatic hydroxyl groups is 1. The number of carbonyl (C=O) groups excluding carboxylic acids is 1. The molecular weight excluding hydrogens is 430 g/mol. The van der Waals surface area contributed by atoms with Gasteiger partial charge in [-0.25, -0.2) is 4.79 Å². The maximum atomic E-state index is 13.2. The third kappa shape index (κ3) is 5.78. The van der Waals surface area contributed by atoms with Crippen LogP contribution in [0.5, 0.6) is 0 Å². The van der Waals surface area contributed by atoms with E-state index in [-0.39, 0.29) is 6.04 Å². The molecule has 6 heteroatoms. The summed E-state index contributed by atoms with van der Waals surface area (Å²) in [5.41, 5.74) is -0.503. The van der Waals surface area contributed by atoms with Crippen LogP contribution in [0.1, 0.15) is 70.2 Å². The molecule has 0 spiro atoms. The van der Waals surface area contributed by atoms with E-state index in [9.17, 15) is 19.8 Å². The maximum absolute atomic E-state index is 13.2. The van der Waals surface area contributed by atoms with Crippen LogP contribution in [0.15, 0.2) is 54.6 Å². The number of hydrogen-bond acceptors (Lipinski definition) is 4. The number of amides is 1. The van der Waals surface area contributed by atoms with E-state index in [0.717, 1.165) is 11.1 Å². The Bertz CT molecular complexity index is 1090. The summed E-state index contributed by atoms with van der Waals surface area (Å²) >= 11 is 0. The van der Waals surface area contributed by atoms with Crippen molar-refractivity contribution in [2.75, 3.05) is 6.54 Å². The van der Waals surface area contributed by atoms with Crippen molar-refractivity contribution in [3.8, 4) is 11.8 Å². The van der Waals surface area contributed by atoms with Gasteiger partial charge in [-0.1, -0.05) is 54.3 Å². The SMILES string of the molecule is CC(c1ccc(C#CC(C)(C)C(=O)O)cc1)N1CCC(CC(C)(C)O)(c2ccccc2)OC1=O. The number of nitrogens with zero attached hydrogens (tertiary/aromatic N) is 1. The van der Waals surface area contributed by atoms with Crippen LogP contribution in [0.25, 0.3) is 0 Å². The molecule has 0 saturated carbocycles. The zero-order valence-corrected chi connectivity index (χ0v) is 20.5. The number of carboxylic acids is 1. The number of ether oxygens (including phenoxy) is 1. The molecular formula is C28H33NO5. The minimum Gasteiger partial charge on any atom is -0.480 e. The molecule has 0 aliphatic carbocycles. The maximum Gasteiger partial charge on any atom is 0.411 e. The molecule has 2 N–H and O–H groups in total. The van der Waals surface area contributed by atoms with Crippen molar-refractivity contribution in [3.63, 3.8) is 0 Å². The van der Waals surface area contributed by atoms with E-state index >= 15 is 0 Å². The van der Waals surface area contributed by atoms with Crippen molar-refractivity contribution < 1.29 is 24.5 Å². The van der Waals surface area contributed by atoms with Gasteiger partial charge < -0.3 is 19.8 Å². The molecule has 2 aromatic rings. The van der Waals surface area contributed by atoms with Gasteiger partial charge in [0, 0.05) is 24.9 Å². The van der Waals surface area contributed by atoms with Gasteiger partial charge in [0.25, 0.3) is 0 Å². The second-order valence-corrected chi connectivity index (χ2v) is 10.1. The van der Waals surface area contributed by atoms with Crippen molar-refractivity contribution in [2.24, 2.45) is 5.41 Å². The Balaban J connectivity index is 1.78. The molecule has 0 aromatic heterocycles. The quantitative estimate of drug-likeness (QED) is 0.582. The third-order valence-corrected chi connectivity index (χ3v) is 6.21. The van der Waals surface area contributed by atoms with Crippen molar-refractivity contribution in [2.45, 2.75) is 64.7 Å². The lowest BCUT2D eigenvalue weighted by Gasteiger charge is -2.45. The van der Waals surface area contributed by atoms with Crippen LogP contribution < -0.4 is 0 Å². The summed E-state index contributed by atoms with van der Waals surface area (Å²) < 4.78 is 6.06. The molecule has 3 rings (SSSR count). The standard InChI is InChI=1S/C28H33NO5/c1-20(22-13-11-21(12-14-22)15-16-26(2,3)24(30)31)29-18-17-28(34-25(29)32,19-27(4,5)33)23-9-7-6-8-10-23/h6-14,20,33H,17-19H2,1-5H3,(H,30,31). The highest BCUT2D eigenvalue weighted by atomic mass is 16.6. The first kappa shape index (κ1) is 25.3. The van der Waals surface area contributed by atoms with Crippen LogP contribution in [-0.4, -0.2) is 39.3 Å². The Labute approximate surface area is 201 Å². The lowest BCUT2D eigenvalue weighted by molar-refractivity contribution is -0.143. The van der Waals surface area contributed by atoms with E-state index in [4.69, 9.17) is 4.74 Å². The summed E-state index contributed by atoms with van der Waals surface area (Å²) in [6.07, 6.45) is 0.446. The molecule has 0 radical (unpaired) electrons. The third-order valence-electron chi connectivity index (χ3n) is 6.21. The van der Waals surface area contributed by atoms with Crippen molar-refractivity contribution >= 4 is 12.1 Å². The Hall–Kier alpha value is -3.30. The molecule has 1 aliphatic heterocycles. The summed E-state index contributed by atoms with van der Waals surface area (Å²) in [7, 11) is 0. The molecule has 1 amide bonds. The first-order valence-corrected chi connectivity index (χ1v) is 11.5. The van der Waals surface area contributed by atoms with Crippen molar-refractivity contribution in [3.05, 3.63) is 71.3 Å². The van der Waals surface area contributed by atoms with Crippen LogP contribution in [0.3, 0.4) is 0 Å². The van der Waals surface area contributed by atoms with Crippen LogP contribution in [0, 0.1) is 17.3 Å². The number of hydrogen-bond donors (Lipinski definition) is 2. The predicted molar refractivity (Wildman–Crippen MR) is 130 cm³/mol. The van der Waals surface area contributed by atoms with Gasteiger partial charge in [-0.3, -0.25) is 4.79 Å². The molecule has 34 heavy (non-hydrogen) atoms. The molecule has 1 heterocycles. The lowest BCUT2D eigenvalue weighted by atomic mass is 9.80. The highest BCUT2D eigenvalue weighted by molar-refractivity contribution is 5.77. The summed E-state index contributed by atoms with van der Waals surface area (Å²) in [6.45, 7) is 9.01. The minimum atomic E-state index is -1.13. The monoisotopic (exact) mass is 463 g/mol. The Morgan fingerprint density at radius 3 is 2.26 bits per heavy atom. The van der Waals surface area contributed by atoms with E-state index in [1.807, 2.05) is 61.5 Å². The number of carboxylic acid groups (broad SMARTS) is 1. The average Bonchev–Trinajstić information content (AvgIpc) is 2.77. The van der Waals surface area contributed by atoms with Gasteiger partial charge in [0.15, 0.2) is 0 Å². The van der Waals surface area contributed by atoms with Crippen molar-refractivity contribution in [1.82, 2.24) is 4.90 Å². The Morgan fingerprint density at radius 1 is 1.12 bits per heavy atom. The topological polar surface area (TPSA) is 87.1 Å². The molecule has 1 aliphatic rings. The second kappa shape index (κ2) is 9.52. The van der Waals surface area contributed by atoms with E-state index in [0.29, 0.717) is 24.9 Å². The molecule has 6 nitrogen and oxygen atoms in total. The normalized spacial score (nSPS) is 19.6. The number of cyclic esters (lactones) is 1. The van der Waals surface area contributed by atoms with Crippen LogP contribution in [0.4, 0.5) is 4.79 Å². The smallest absolute Gasteiger partial charge is 0.411 e. The molecule has 180 valence electrons. The lowest BCUT2D eigenvalue weighted by Crippen LogP contribution is -2.51. The molecule has 2 atom stereocenters. The number of rotatable bonds is 6. The average molecular weight is 464 g/mol. The largest absolute Gasteiger partial charge is 0.480 e. The molecule has 1 fully saturated rings. The van der Waals surface area contributed by atoms with Gasteiger partial charge in [0.2, 0.25) is 0 Å². The van der Waals surface area contributed by atoms with Crippen molar-refractivity contribution in [1.29, 1.82) is 0 Å². The van der Waals surface area contributed by atoms with Crippen LogP contribution in [0.2, 0.25) is 0 Å². The van der Waals surface area contributed by atoms with Gasteiger partial charge in [-0.05, 0) is 57.9 Å². The first-order chi connectivity index (χ1) is 15.8. The molecule has 2 aromatic carbocycles. The fraction of sp³-hybridized carbons (Fsp3) is 0.429. The number of aliphatic carboxylic acids is 1. The zero-order chi connectivity index (χ0) is 25.1. The summed E-state index contributed by atoms with van der Waals surface area (Å²) in [5.74, 6) is 4.73. The van der Waals surface area contributed by atoms with E-state index in [1.54, 1.807) is 32.6 Å². The fourth-order valence-corrected chi connectivity index (χ4v) is 4.20. The highest BCUT2D eigenvalue weighted by Crippen LogP contribution is 2.42. The molecule has 0 bridgehead atoms. The van der Waals surface area contributed by atoms with E-state index in [2.05, 4.69) is 11.8 Å². The predicted octanol–water partition coefficient (Wildman–Crippen LogP) is 5.11. The first-order valence-electron chi connectivity index (χ1n) is 11.5. The highest BCUT2D eigenvalue weighted by Gasteiger charge is 2.46. The zero-order valence-electron chi connectivity index (χ0n) is 20.5. The van der Waals surface area contributed by atoms with Crippen LogP contribution >= 0.6 is 0 Å². The van der Waals surface area contributed by atoms with Gasteiger partial charge in [0.1, 0.15) is 11.0 Å². The summed E-state index contributed by atoms with van der Waals surface area (Å²) in [5, 5.41) is 19.7. The number of benzene rings is 2. The van der Waals surface area contributed by atoms with Gasteiger partial charge >= 0.3 is 12.1 Å². The fourth-order valence-electron chi connectivity index (χ4n) is 4.20. The van der Waals surface area contributed by atoms with Crippen LogP contribution in [-0.2, 0) is 15.1 Å². The summed E-state index contributed by atoms with van der Waals surface area (Å²) in [4.78, 5) is 26.1. The summed E-state index contributed by atoms with van der Waals surface area (Å²) in [6, 6.07) is 16.8. The van der Waals surface area contributed by atoms with Gasteiger partial charge in [-0.15, -0.1) is 0 Å². The van der Waals surface area contributed by atoms with Gasteiger partial charge in [0.05, 0.1) is 11.6 Å². The van der Waals surface area contributed by atoms with E-state index in [1.165, 1.54) is 0 Å². The van der Waals surface area contributed by atoms with Gasteiger partial charge in [-0.2, -0.15) is 0 Å². The number of carbonyl (C=O) groups is 2. The second-order valence-electron chi connectivity index (χ2n) is 10.1. The van der Waals surface area contributed by atoms with E-state index < -0.39 is 28.7 Å². The molecule has 2 unspecified atom stereocenters. The molecule has 1 saturated heterocycles. The Morgan fingerprint density at radius 2 is 1.74 bits per heavy atom. The minimum absolute atomic E-state index is 0.221.